The van der Waals surface area contributed by atoms with Crippen LogP contribution in [-0.2, 0) is 11.2 Å². The molecule has 4 rings (SSSR count). The van der Waals surface area contributed by atoms with Gasteiger partial charge in [0.15, 0.2) is 0 Å². The lowest BCUT2D eigenvalue weighted by molar-refractivity contribution is -0.116. The summed E-state index contributed by atoms with van der Waals surface area (Å²) in [6.45, 7) is 4.88. The molecular weight excluding hydrogens is 353 g/mol. The van der Waals surface area contributed by atoms with E-state index in [-0.39, 0.29) is 11.7 Å². The van der Waals surface area contributed by atoms with E-state index < -0.39 is 0 Å². The molecule has 2 aromatic rings. The number of amides is 1. The highest BCUT2D eigenvalue weighted by molar-refractivity contribution is 5.90. The number of halogens is 1. The fourth-order valence-corrected chi connectivity index (χ4v) is 4.42. The molecule has 1 heterocycles. The summed E-state index contributed by atoms with van der Waals surface area (Å²) in [5.74, 6) is -0.313. The highest BCUT2D eigenvalue weighted by Crippen LogP contribution is 2.34. The van der Waals surface area contributed by atoms with Gasteiger partial charge in [0.05, 0.1) is 0 Å². The molecule has 5 heteroatoms. The zero-order valence-electron chi connectivity index (χ0n) is 16.2. The summed E-state index contributed by atoms with van der Waals surface area (Å²) < 4.78 is 12.9. The third kappa shape index (κ3) is 4.59. The molecule has 0 saturated carbocycles. The number of rotatable bonds is 5. The second-order valence-corrected chi connectivity index (χ2v) is 7.79. The second-order valence-electron chi connectivity index (χ2n) is 7.79. The van der Waals surface area contributed by atoms with Crippen LogP contribution in [0.1, 0.15) is 36.4 Å². The van der Waals surface area contributed by atoms with Crippen LogP contribution in [0.15, 0.2) is 48.5 Å². The van der Waals surface area contributed by atoms with Crippen LogP contribution >= 0.6 is 0 Å². The zero-order valence-corrected chi connectivity index (χ0v) is 16.2. The second kappa shape index (κ2) is 8.84. The normalized spacial score (nSPS) is 20.5. The van der Waals surface area contributed by atoms with E-state index in [0.29, 0.717) is 18.2 Å². The third-order valence-corrected chi connectivity index (χ3v) is 5.97. The van der Waals surface area contributed by atoms with E-state index in [2.05, 4.69) is 39.4 Å². The molecule has 1 N–H and O–H groups in total. The van der Waals surface area contributed by atoms with E-state index in [1.165, 1.54) is 42.5 Å². The Hall–Kier alpha value is -2.24. The fourth-order valence-electron chi connectivity index (χ4n) is 4.42. The van der Waals surface area contributed by atoms with Gasteiger partial charge in [0.25, 0.3) is 0 Å². The van der Waals surface area contributed by atoms with Crippen LogP contribution in [0.25, 0.3) is 0 Å². The molecule has 2 aliphatic rings. The number of nitrogens with zero attached hydrogens (tertiary/aromatic N) is 2. The van der Waals surface area contributed by atoms with Crippen molar-refractivity contribution in [2.24, 2.45) is 0 Å². The van der Waals surface area contributed by atoms with Gasteiger partial charge in [-0.2, -0.15) is 0 Å². The van der Waals surface area contributed by atoms with Crippen molar-refractivity contribution in [3.05, 3.63) is 65.5 Å². The van der Waals surface area contributed by atoms with Gasteiger partial charge in [-0.05, 0) is 54.7 Å². The standard InChI is InChI=1S/C23H28FN3O/c24-19-8-10-20(11-9-19)25-23(28)12-13-26-14-16-27(17-15-26)22-7-3-5-18-4-1-2-6-21(18)22/h1-2,4,6,8-11,22H,3,5,7,12-17H2,(H,25,28). The molecule has 1 unspecified atom stereocenters. The average molecular weight is 381 g/mol. The lowest BCUT2D eigenvalue weighted by Crippen LogP contribution is -2.48. The highest BCUT2D eigenvalue weighted by Gasteiger charge is 2.28. The van der Waals surface area contributed by atoms with Crippen molar-refractivity contribution >= 4 is 11.6 Å². The fraction of sp³-hybridized carbons (Fsp3) is 0.435. The molecule has 1 atom stereocenters. The summed E-state index contributed by atoms with van der Waals surface area (Å²) in [5.41, 5.74) is 3.67. The molecule has 0 radical (unpaired) electrons. The summed E-state index contributed by atoms with van der Waals surface area (Å²) in [5, 5.41) is 2.84. The van der Waals surface area contributed by atoms with Gasteiger partial charge in [-0.1, -0.05) is 24.3 Å². The minimum atomic E-state index is -0.295. The van der Waals surface area contributed by atoms with Gasteiger partial charge in [0.2, 0.25) is 5.91 Å². The number of hydrogen-bond donors (Lipinski definition) is 1. The minimum Gasteiger partial charge on any atom is -0.326 e. The van der Waals surface area contributed by atoms with E-state index in [0.717, 1.165) is 32.7 Å². The maximum atomic E-state index is 12.9. The molecule has 1 aliphatic heterocycles. The predicted octanol–water partition coefficient (Wildman–Crippen LogP) is 3.85. The molecule has 1 aliphatic carbocycles. The number of nitrogens with one attached hydrogen (secondary N) is 1. The van der Waals surface area contributed by atoms with Crippen molar-refractivity contribution in [2.75, 3.05) is 38.0 Å². The largest absolute Gasteiger partial charge is 0.326 e. The summed E-state index contributed by atoms with van der Waals surface area (Å²) >= 11 is 0. The van der Waals surface area contributed by atoms with Gasteiger partial charge in [0, 0.05) is 50.9 Å². The molecule has 148 valence electrons. The molecule has 4 nitrogen and oxygen atoms in total. The SMILES string of the molecule is O=C(CCN1CCN(C2CCCc3ccccc32)CC1)Nc1ccc(F)cc1. The van der Waals surface area contributed by atoms with Crippen molar-refractivity contribution in [1.82, 2.24) is 9.80 Å². The molecule has 0 bridgehead atoms. The molecule has 1 saturated heterocycles. The topological polar surface area (TPSA) is 35.6 Å². The summed E-state index contributed by atoms with van der Waals surface area (Å²) in [4.78, 5) is 17.1. The Balaban J connectivity index is 1.24. The van der Waals surface area contributed by atoms with Crippen molar-refractivity contribution in [2.45, 2.75) is 31.7 Å². The Labute approximate surface area is 166 Å². The Kier molecular flexibility index (Phi) is 6.03. The third-order valence-electron chi connectivity index (χ3n) is 5.97. The van der Waals surface area contributed by atoms with E-state index in [4.69, 9.17) is 0 Å². The van der Waals surface area contributed by atoms with Gasteiger partial charge >= 0.3 is 0 Å². The maximum Gasteiger partial charge on any atom is 0.225 e. The van der Waals surface area contributed by atoms with Crippen LogP contribution in [0.5, 0.6) is 0 Å². The number of piperazine rings is 1. The first-order valence-corrected chi connectivity index (χ1v) is 10.3. The highest BCUT2D eigenvalue weighted by atomic mass is 19.1. The van der Waals surface area contributed by atoms with Crippen LogP contribution in [0.3, 0.4) is 0 Å². The number of benzene rings is 2. The Morgan fingerprint density at radius 1 is 1.04 bits per heavy atom. The van der Waals surface area contributed by atoms with E-state index in [9.17, 15) is 9.18 Å². The van der Waals surface area contributed by atoms with E-state index in [1.807, 2.05) is 0 Å². The first-order chi connectivity index (χ1) is 13.7. The smallest absolute Gasteiger partial charge is 0.225 e. The Bertz CT molecular complexity index is 800. The average Bonchev–Trinajstić information content (AvgIpc) is 2.74. The van der Waals surface area contributed by atoms with E-state index >= 15 is 0 Å². The summed E-state index contributed by atoms with van der Waals surface area (Å²) in [6.07, 6.45) is 4.18. The van der Waals surface area contributed by atoms with E-state index in [1.54, 1.807) is 12.1 Å². The Morgan fingerprint density at radius 3 is 2.57 bits per heavy atom. The maximum absolute atomic E-state index is 12.9. The number of carbonyl (C=O) groups is 1. The number of hydrogen-bond acceptors (Lipinski definition) is 3. The van der Waals surface area contributed by atoms with Gasteiger partial charge in [-0.15, -0.1) is 0 Å². The van der Waals surface area contributed by atoms with Crippen molar-refractivity contribution in [3.8, 4) is 0 Å². The number of aryl methyl sites for hydroxylation is 1. The summed E-state index contributed by atoms with van der Waals surface area (Å²) in [6, 6.07) is 15.3. The van der Waals surface area contributed by atoms with Crippen LogP contribution in [0, 0.1) is 5.82 Å². The first-order valence-electron chi connectivity index (χ1n) is 10.3. The van der Waals surface area contributed by atoms with Crippen molar-refractivity contribution < 1.29 is 9.18 Å². The molecule has 28 heavy (non-hydrogen) atoms. The first kappa shape index (κ1) is 19.1. The quantitative estimate of drug-likeness (QED) is 0.855. The van der Waals surface area contributed by atoms with Crippen molar-refractivity contribution in [1.29, 1.82) is 0 Å². The number of fused-ring (bicyclic) bond motifs is 1. The van der Waals surface area contributed by atoms with Crippen LogP contribution in [0.4, 0.5) is 10.1 Å². The number of anilines is 1. The Morgan fingerprint density at radius 2 is 1.79 bits per heavy atom. The van der Waals surface area contributed by atoms with Gasteiger partial charge < -0.3 is 10.2 Å². The molecule has 1 fully saturated rings. The van der Waals surface area contributed by atoms with Crippen molar-refractivity contribution in [3.63, 3.8) is 0 Å². The van der Waals surface area contributed by atoms with Crippen LogP contribution in [-0.4, -0.2) is 48.4 Å². The van der Waals surface area contributed by atoms with Gasteiger partial charge in [-0.3, -0.25) is 9.69 Å². The molecule has 0 spiro atoms. The molecular formula is C23H28FN3O. The minimum absolute atomic E-state index is 0.0183. The zero-order chi connectivity index (χ0) is 19.3. The molecule has 1 amide bonds. The van der Waals surface area contributed by atoms with Gasteiger partial charge in [0.1, 0.15) is 5.82 Å². The number of carbonyl (C=O) groups excluding carboxylic acids is 1. The van der Waals surface area contributed by atoms with Crippen LogP contribution < -0.4 is 5.32 Å². The lowest BCUT2D eigenvalue weighted by Gasteiger charge is -2.41. The molecule has 2 aromatic carbocycles. The monoisotopic (exact) mass is 381 g/mol. The predicted molar refractivity (Wildman–Crippen MR) is 110 cm³/mol. The van der Waals surface area contributed by atoms with Crippen LogP contribution in [0.2, 0.25) is 0 Å². The molecule has 0 aromatic heterocycles. The lowest BCUT2D eigenvalue weighted by atomic mass is 9.86. The van der Waals surface area contributed by atoms with Gasteiger partial charge in [-0.25, -0.2) is 4.39 Å². The summed E-state index contributed by atoms with van der Waals surface area (Å²) in [7, 11) is 0.